The molecule has 0 N–H and O–H groups in total. The first-order valence-corrected chi connectivity index (χ1v) is 6.69. The van der Waals surface area contributed by atoms with E-state index in [4.69, 9.17) is 0 Å². The third-order valence-electron chi connectivity index (χ3n) is 2.51. The van der Waals surface area contributed by atoms with Crippen molar-refractivity contribution < 1.29 is 8.42 Å². The lowest BCUT2D eigenvalue weighted by molar-refractivity contribution is 0.596. The maximum atomic E-state index is 12.4. The fraction of sp³-hybridized carbons (Fsp3) is 0. The molecule has 0 radical (unpaired) electrons. The van der Waals surface area contributed by atoms with Gasteiger partial charge in [0.05, 0.1) is 0 Å². The summed E-state index contributed by atoms with van der Waals surface area (Å²) >= 11 is 0. The van der Waals surface area contributed by atoms with Gasteiger partial charge in [-0.05, 0) is 34.6 Å². The second kappa shape index (κ2) is 5.07. The predicted molar refractivity (Wildman–Crippen MR) is 69.2 cm³/mol. The molecule has 19 heavy (non-hydrogen) atoms. The Labute approximate surface area is 109 Å². The van der Waals surface area contributed by atoms with E-state index in [1.165, 1.54) is 48.5 Å². The smallest absolute Gasteiger partial charge is 0.211 e. The zero-order valence-electron chi connectivity index (χ0n) is 9.55. The van der Waals surface area contributed by atoms with E-state index in [0.29, 0.717) is 0 Å². The summed E-state index contributed by atoms with van der Waals surface area (Å²) in [6.07, 6.45) is 0. The maximum Gasteiger partial charge on any atom is 0.211 e. The van der Waals surface area contributed by atoms with Crippen LogP contribution in [0.5, 0.6) is 0 Å². The molecule has 2 aromatic rings. The third-order valence-corrected chi connectivity index (χ3v) is 4.35. The van der Waals surface area contributed by atoms with E-state index >= 15 is 0 Å². The van der Waals surface area contributed by atoms with Gasteiger partial charge in [-0.3, -0.25) is 0 Å². The summed E-state index contributed by atoms with van der Waals surface area (Å²) < 4.78 is 24.8. The molecule has 0 aromatic heterocycles. The molecule has 0 atom stereocenters. The zero-order chi connectivity index (χ0) is 13.9. The van der Waals surface area contributed by atoms with Crippen LogP contribution >= 0.6 is 0 Å². The molecule has 0 spiro atoms. The molecule has 0 unspecified atom stereocenters. The van der Waals surface area contributed by atoms with Gasteiger partial charge in [-0.1, -0.05) is 24.3 Å². The minimum absolute atomic E-state index is 0.205. The zero-order valence-corrected chi connectivity index (χ0v) is 10.4. The van der Waals surface area contributed by atoms with E-state index in [0.717, 1.165) is 0 Å². The van der Waals surface area contributed by atoms with E-state index in [9.17, 15) is 18.2 Å². The van der Waals surface area contributed by atoms with E-state index < -0.39 is 9.84 Å². The summed E-state index contributed by atoms with van der Waals surface area (Å²) in [5, 5.41) is 5.36. The van der Waals surface area contributed by atoms with Gasteiger partial charge in [-0.15, -0.1) is 9.81 Å². The Morgan fingerprint density at radius 3 is 1.42 bits per heavy atom. The SMILES string of the molecule is O=Nc1ccccc1S(=O)(=O)c1ccccc1N=O. The number of hydrogen-bond donors (Lipinski definition) is 0. The molecule has 0 bridgehead atoms. The maximum absolute atomic E-state index is 12.4. The molecule has 7 heteroatoms. The first-order chi connectivity index (χ1) is 9.11. The van der Waals surface area contributed by atoms with Crippen LogP contribution in [0.3, 0.4) is 0 Å². The van der Waals surface area contributed by atoms with Crippen molar-refractivity contribution in [2.75, 3.05) is 0 Å². The molecule has 2 aromatic carbocycles. The molecule has 96 valence electrons. The summed E-state index contributed by atoms with van der Waals surface area (Å²) in [6.45, 7) is 0. The number of nitrogens with zero attached hydrogens (tertiary/aromatic N) is 2. The number of sulfone groups is 1. The van der Waals surface area contributed by atoms with Gasteiger partial charge in [0.2, 0.25) is 9.84 Å². The topological polar surface area (TPSA) is 93.0 Å². The van der Waals surface area contributed by atoms with Gasteiger partial charge in [-0.25, -0.2) is 8.42 Å². The van der Waals surface area contributed by atoms with E-state index in [1.807, 2.05) is 0 Å². The van der Waals surface area contributed by atoms with Gasteiger partial charge in [0, 0.05) is 0 Å². The van der Waals surface area contributed by atoms with Crippen molar-refractivity contribution in [1.29, 1.82) is 0 Å². The van der Waals surface area contributed by atoms with Crippen LogP contribution < -0.4 is 0 Å². The molecule has 0 aliphatic carbocycles. The van der Waals surface area contributed by atoms with E-state index in [-0.39, 0.29) is 21.2 Å². The molecule has 0 amide bonds. The summed E-state index contributed by atoms with van der Waals surface area (Å²) in [4.78, 5) is 20.8. The lowest BCUT2D eigenvalue weighted by atomic mass is 10.3. The van der Waals surface area contributed by atoms with Gasteiger partial charge in [0.25, 0.3) is 0 Å². The minimum atomic E-state index is -4.01. The summed E-state index contributed by atoms with van der Waals surface area (Å²) in [5.74, 6) is 0. The molecule has 6 nitrogen and oxygen atoms in total. The van der Waals surface area contributed by atoms with Crippen LogP contribution in [0.2, 0.25) is 0 Å². The Bertz CT molecular complexity index is 683. The standard InChI is InChI=1S/C12H8N2O4S/c15-13-9-5-1-3-7-11(9)19(17,18)12-8-4-2-6-10(12)14-16/h1-8H. The van der Waals surface area contributed by atoms with Crippen molar-refractivity contribution in [1.82, 2.24) is 0 Å². The molecular formula is C12H8N2O4S. The molecule has 0 saturated carbocycles. The molecule has 0 heterocycles. The Hall–Kier alpha value is -2.41. The second-order valence-corrected chi connectivity index (χ2v) is 5.51. The van der Waals surface area contributed by atoms with Crippen molar-refractivity contribution in [3.63, 3.8) is 0 Å². The molecule has 0 aliphatic heterocycles. The number of benzene rings is 2. The average Bonchev–Trinajstić information content (AvgIpc) is 2.47. The van der Waals surface area contributed by atoms with Crippen LogP contribution in [0.25, 0.3) is 0 Å². The van der Waals surface area contributed by atoms with Gasteiger partial charge in [-0.2, -0.15) is 0 Å². The van der Waals surface area contributed by atoms with Crippen LogP contribution in [-0.2, 0) is 9.84 Å². The van der Waals surface area contributed by atoms with Crippen molar-refractivity contribution >= 4 is 21.2 Å². The number of nitroso groups, excluding NO2 is 2. The van der Waals surface area contributed by atoms with Crippen molar-refractivity contribution in [3.8, 4) is 0 Å². The Morgan fingerprint density at radius 1 is 0.684 bits per heavy atom. The Morgan fingerprint density at radius 2 is 1.05 bits per heavy atom. The molecule has 0 fully saturated rings. The van der Waals surface area contributed by atoms with Gasteiger partial charge in [0.1, 0.15) is 21.2 Å². The highest BCUT2D eigenvalue weighted by Gasteiger charge is 2.24. The van der Waals surface area contributed by atoms with Crippen LogP contribution in [0.15, 0.2) is 68.7 Å². The highest BCUT2D eigenvalue weighted by Crippen LogP contribution is 2.33. The first-order valence-electron chi connectivity index (χ1n) is 5.21. The fourth-order valence-electron chi connectivity index (χ4n) is 1.64. The van der Waals surface area contributed by atoms with Crippen molar-refractivity contribution in [2.24, 2.45) is 10.4 Å². The third kappa shape index (κ3) is 2.27. The molecule has 0 aliphatic rings. The average molecular weight is 276 g/mol. The van der Waals surface area contributed by atoms with Crippen LogP contribution in [0, 0.1) is 9.81 Å². The Balaban J connectivity index is 2.73. The second-order valence-electron chi connectivity index (χ2n) is 3.62. The van der Waals surface area contributed by atoms with Crippen LogP contribution in [0.4, 0.5) is 11.4 Å². The Kier molecular flexibility index (Phi) is 3.48. The van der Waals surface area contributed by atoms with Crippen LogP contribution in [0.1, 0.15) is 0 Å². The highest BCUT2D eigenvalue weighted by molar-refractivity contribution is 7.91. The van der Waals surface area contributed by atoms with E-state index in [2.05, 4.69) is 10.4 Å². The number of rotatable bonds is 4. The van der Waals surface area contributed by atoms with Gasteiger partial charge >= 0.3 is 0 Å². The fourth-order valence-corrected chi connectivity index (χ4v) is 3.15. The molecule has 0 saturated heterocycles. The van der Waals surface area contributed by atoms with Crippen molar-refractivity contribution in [3.05, 3.63) is 58.3 Å². The summed E-state index contributed by atoms with van der Waals surface area (Å²) in [7, 11) is -4.01. The number of hydrogen-bond acceptors (Lipinski definition) is 6. The first kappa shape index (κ1) is 13.0. The lowest BCUT2D eigenvalue weighted by Crippen LogP contribution is -2.02. The molecular weight excluding hydrogens is 268 g/mol. The summed E-state index contributed by atoms with van der Waals surface area (Å²) in [6, 6.07) is 11.0. The van der Waals surface area contributed by atoms with Crippen LogP contribution in [-0.4, -0.2) is 8.42 Å². The highest BCUT2D eigenvalue weighted by atomic mass is 32.2. The summed E-state index contributed by atoms with van der Waals surface area (Å²) in [5.41, 5.74) is -0.411. The van der Waals surface area contributed by atoms with Gasteiger partial charge in [0.15, 0.2) is 0 Å². The van der Waals surface area contributed by atoms with E-state index in [1.54, 1.807) is 0 Å². The minimum Gasteiger partial charge on any atom is -0.218 e. The lowest BCUT2D eigenvalue weighted by Gasteiger charge is -2.07. The quantitative estimate of drug-likeness (QED) is 0.800. The normalized spacial score (nSPS) is 10.9. The van der Waals surface area contributed by atoms with Crippen molar-refractivity contribution in [2.45, 2.75) is 9.79 Å². The predicted octanol–water partition coefficient (Wildman–Crippen LogP) is 3.32. The largest absolute Gasteiger partial charge is 0.218 e. The van der Waals surface area contributed by atoms with Gasteiger partial charge < -0.3 is 0 Å². The molecule has 2 rings (SSSR count). The monoisotopic (exact) mass is 276 g/mol.